The van der Waals surface area contributed by atoms with Crippen LogP contribution >= 0.6 is 11.3 Å². The van der Waals surface area contributed by atoms with Crippen molar-refractivity contribution < 1.29 is 9.53 Å². The fraction of sp³-hybridized carbons (Fsp3) is 0.235. The molecule has 1 amide bonds. The summed E-state index contributed by atoms with van der Waals surface area (Å²) in [5.74, 6) is 0.335. The Labute approximate surface area is 143 Å². The molecule has 1 aromatic carbocycles. The third kappa shape index (κ3) is 3.46. The van der Waals surface area contributed by atoms with Gasteiger partial charge in [-0.1, -0.05) is 30.0 Å². The number of carbonyl (C=O) groups is 1. The van der Waals surface area contributed by atoms with E-state index >= 15 is 0 Å². The summed E-state index contributed by atoms with van der Waals surface area (Å²) >= 11 is 1.45. The highest BCUT2D eigenvalue weighted by Crippen LogP contribution is 2.21. The Hall–Kier alpha value is -2.67. The van der Waals surface area contributed by atoms with Gasteiger partial charge < -0.3 is 10.1 Å². The molecule has 0 saturated heterocycles. The van der Waals surface area contributed by atoms with Crippen molar-refractivity contribution in [1.29, 1.82) is 0 Å². The van der Waals surface area contributed by atoms with Crippen LogP contribution in [0, 0.1) is 0 Å². The number of carbonyl (C=O) groups excluding carboxylic acids is 1. The first kappa shape index (κ1) is 16.2. The van der Waals surface area contributed by atoms with E-state index in [9.17, 15) is 4.79 Å². The van der Waals surface area contributed by atoms with Crippen molar-refractivity contribution in [3.05, 3.63) is 59.4 Å². The number of rotatable bonds is 6. The lowest BCUT2D eigenvalue weighted by Gasteiger charge is -2.14. The van der Waals surface area contributed by atoms with E-state index in [1.165, 1.54) is 11.3 Å². The van der Waals surface area contributed by atoms with E-state index in [2.05, 4.69) is 22.0 Å². The summed E-state index contributed by atoms with van der Waals surface area (Å²) in [6.45, 7) is 7.95. The van der Waals surface area contributed by atoms with Crippen LogP contribution in [0.5, 0.6) is 5.75 Å². The standard InChI is InChI=1S/C17H18N4O2S/c1-11(2)9-23-15-7-5-4-6-13(15)16(22)19-12(3)14-8-21-17(20-14)24-10-18-21/h4-8,10,12H,1,9H2,2-3H3,(H,19,22)/t12-/m0/s1. The number of para-hydroxylation sites is 1. The van der Waals surface area contributed by atoms with Gasteiger partial charge in [0.15, 0.2) is 0 Å². The van der Waals surface area contributed by atoms with Crippen molar-refractivity contribution in [3.63, 3.8) is 0 Å². The number of fused-ring (bicyclic) bond motifs is 1. The maximum atomic E-state index is 12.6. The van der Waals surface area contributed by atoms with Gasteiger partial charge in [-0.3, -0.25) is 4.79 Å². The summed E-state index contributed by atoms with van der Waals surface area (Å²) in [7, 11) is 0. The maximum absolute atomic E-state index is 12.6. The van der Waals surface area contributed by atoms with Crippen LogP contribution in [0.15, 0.2) is 48.1 Å². The van der Waals surface area contributed by atoms with Gasteiger partial charge in [-0.25, -0.2) is 9.50 Å². The summed E-state index contributed by atoms with van der Waals surface area (Å²) in [6.07, 6.45) is 1.82. The van der Waals surface area contributed by atoms with Crippen LogP contribution in [0.2, 0.25) is 0 Å². The quantitative estimate of drug-likeness (QED) is 0.698. The molecule has 0 unspecified atom stereocenters. The molecule has 6 nitrogen and oxygen atoms in total. The molecule has 0 spiro atoms. The summed E-state index contributed by atoms with van der Waals surface area (Å²) in [5, 5.41) is 7.10. The molecule has 7 heteroatoms. The first-order chi connectivity index (χ1) is 11.5. The molecule has 0 saturated carbocycles. The summed E-state index contributed by atoms with van der Waals surface area (Å²) in [5.41, 5.74) is 3.88. The Morgan fingerprint density at radius 3 is 3.00 bits per heavy atom. The van der Waals surface area contributed by atoms with E-state index in [1.807, 2.05) is 32.2 Å². The normalized spacial score (nSPS) is 12.1. The van der Waals surface area contributed by atoms with Gasteiger partial charge in [-0.05, 0) is 31.6 Å². The SMILES string of the molecule is C=C(C)COc1ccccc1C(=O)N[C@@H](C)c1cn2ncsc2n1. The molecule has 0 bridgehead atoms. The Balaban J connectivity index is 1.74. The average Bonchev–Trinajstić information content (AvgIpc) is 3.14. The Bertz CT molecular complexity index is 855. The van der Waals surface area contributed by atoms with Crippen molar-refractivity contribution in [2.75, 3.05) is 6.61 Å². The van der Waals surface area contributed by atoms with E-state index in [0.29, 0.717) is 17.9 Å². The van der Waals surface area contributed by atoms with Crippen LogP contribution in [0.4, 0.5) is 0 Å². The largest absolute Gasteiger partial charge is 0.488 e. The second-order valence-corrected chi connectivity index (χ2v) is 6.38. The van der Waals surface area contributed by atoms with E-state index in [1.54, 1.807) is 22.2 Å². The zero-order chi connectivity index (χ0) is 17.1. The van der Waals surface area contributed by atoms with Crippen molar-refractivity contribution in [3.8, 4) is 5.75 Å². The first-order valence-electron chi connectivity index (χ1n) is 7.50. The smallest absolute Gasteiger partial charge is 0.255 e. The lowest BCUT2D eigenvalue weighted by atomic mass is 10.1. The maximum Gasteiger partial charge on any atom is 0.255 e. The molecule has 0 radical (unpaired) electrons. The van der Waals surface area contributed by atoms with Gasteiger partial charge in [0.05, 0.1) is 23.5 Å². The number of hydrogen-bond donors (Lipinski definition) is 1. The van der Waals surface area contributed by atoms with Crippen molar-refractivity contribution >= 4 is 22.2 Å². The molecule has 1 N–H and O–H groups in total. The first-order valence-corrected chi connectivity index (χ1v) is 8.38. The van der Waals surface area contributed by atoms with Crippen LogP contribution < -0.4 is 10.1 Å². The minimum Gasteiger partial charge on any atom is -0.488 e. The van der Waals surface area contributed by atoms with Crippen molar-refractivity contribution in [2.45, 2.75) is 19.9 Å². The molecule has 0 aliphatic heterocycles. The van der Waals surface area contributed by atoms with E-state index < -0.39 is 0 Å². The molecule has 0 aliphatic carbocycles. The lowest BCUT2D eigenvalue weighted by molar-refractivity contribution is 0.0935. The van der Waals surface area contributed by atoms with Gasteiger partial charge in [0, 0.05) is 0 Å². The number of benzene rings is 1. The molecule has 124 valence electrons. The molecule has 2 aromatic heterocycles. The molecule has 3 rings (SSSR count). The lowest BCUT2D eigenvalue weighted by Crippen LogP contribution is -2.27. The minimum absolute atomic E-state index is 0.205. The van der Waals surface area contributed by atoms with E-state index in [0.717, 1.165) is 16.2 Å². The van der Waals surface area contributed by atoms with Crippen LogP contribution in [-0.4, -0.2) is 27.1 Å². The average molecular weight is 342 g/mol. The number of hydrogen-bond acceptors (Lipinski definition) is 5. The minimum atomic E-state index is -0.236. The Morgan fingerprint density at radius 2 is 2.25 bits per heavy atom. The number of nitrogens with zero attached hydrogens (tertiary/aromatic N) is 3. The van der Waals surface area contributed by atoms with Gasteiger partial charge in [0.1, 0.15) is 17.9 Å². The van der Waals surface area contributed by atoms with Gasteiger partial charge >= 0.3 is 0 Å². The van der Waals surface area contributed by atoms with Crippen LogP contribution in [0.25, 0.3) is 4.96 Å². The number of ether oxygens (including phenoxy) is 1. The second kappa shape index (κ2) is 6.84. The zero-order valence-corrected chi connectivity index (χ0v) is 14.3. The van der Waals surface area contributed by atoms with Gasteiger partial charge in [-0.15, -0.1) is 0 Å². The van der Waals surface area contributed by atoms with Crippen LogP contribution in [0.3, 0.4) is 0 Å². The topological polar surface area (TPSA) is 68.5 Å². The fourth-order valence-electron chi connectivity index (χ4n) is 2.19. The van der Waals surface area contributed by atoms with Crippen molar-refractivity contribution in [1.82, 2.24) is 19.9 Å². The number of imidazole rings is 1. The predicted molar refractivity (Wildman–Crippen MR) is 93.5 cm³/mol. The molecule has 24 heavy (non-hydrogen) atoms. The number of aromatic nitrogens is 3. The summed E-state index contributed by atoms with van der Waals surface area (Å²) in [6, 6.07) is 6.93. The van der Waals surface area contributed by atoms with Crippen LogP contribution in [0.1, 0.15) is 35.9 Å². The second-order valence-electron chi connectivity index (χ2n) is 5.57. The number of amides is 1. The molecular formula is C17H18N4O2S. The highest BCUT2D eigenvalue weighted by Gasteiger charge is 2.18. The van der Waals surface area contributed by atoms with Crippen LogP contribution in [-0.2, 0) is 0 Å². The number of nitrogens with one attached hydrogen (secondary N) is 1. The Kier molecular flexibility index (Phi) is 4.61. The van der Waals surface area contributed by atoms with Gasteiger partial charge in [0.2, 0.25) is 4.96 Å². The van der Waals surface area contributed by atoms with Gasteiger partial charge in [-0.2, -0.15) is 5.10 Å². The van der Waals surface area contributed by atoms with E-state index in [-0.39, 0.29) is 11.9 Å². The highest BCUT2D eigenvalue weighted by atomic mass is 32.1. The zero-order valence-electron chi connectivity index (χ0n) is 13.5. The van der Waals surface area contributed by atoms with Gasteiger partial charge in [0.25, 0.3) is 5.91 Å². The summed E-state index contributed by atoms with van der Waals surface area (Å²) < 4.78 is 7.36. The molecule has 2 heterocycles. The van der Waals surface area contributed by atoms with Crippen molar-refractivity contribution in [2.24, 2.45) is 0 Å². The highest BCUT2D eigenvalue weighted by molar-refractivity contribution is 7.14. The monoisotopic (exact) mass is 342 g/mol. The predicted octanol–water partition coefficient (Wildman–Crippen LogP) is 3.24. The third-order valence-corrected chi connectivity index (χ3v) is 4.09. The Morgan fingerprint density at radius 1 is 1.46 bits per heavy atom. The molecular weight excluding hydrogens is 324 g/mol. The summed E-state index contributed by atoms with van der Waals surface area (Å²) in [4.78, 5) is 17.9. The molecule has 0 aliphatic rings. The molecule has 1 atom stereocenters. The third-order valence-electron chi connectivity index (χ3n) is 3.40. The molecule has 0 fully saturated rings. The van der Waals surface area contributed by atoms with E-state index in [4.69, 9.17) is 4.74 Å². The molecule has 3 aromatic rings. The fourth-order valence-corrected chi connectivity index (χ4v) is 2.80.